The van der Waals surface area contributed by atoms with Gasteiger partial charge >= 0.3 is 5.97 Å². The van der Waals surface area contributed by atoms with Gasteiger partial charge in [0.05, 0.1) is 35.1 Å². The fourth-order valence-corrected chi connectivity index (χ4v) is 5.38. The number of ether oxygens (including phenoxy) is 1. The number of hydrogen-bond acceptors (Lipinski definition) is 7. The Morgan fingerprint density at radius 2 is 2.03 bits per heavy atom. The maximum absolute atomic E-state index is 13.6. The quantitative estimate of drug-likeness (QED) is 0.438. The number of nitrogens with zero attached hydrogens (tertiary/aromatic N) is 2. The van der Waals surface area contributed by atoms with Crippen molar-refractivity contribution in [2.45, 2.75) is 64.6 Å². The molecule has 0 spiro atoms. The second kappa shape index (κ2) is 7.77. The molecule has 0 aliphatic carbocycles. The molecule has 2 aliphatic rings. The summed E-state index contributed by atoms with van der Waals surface area (Å²) < 4.78 is 7.11. The number of phenolic OH excluding ortho intramolecular Hbond substituents is 1. The fraction of sp³-hybridized carbons (Fsp3) is 0.385. The van der Waals surface area contributed by atoms with Gasteiger partial charge in [-0.25, -0.2) is 4.98 Å². The molecule has 176 valence electrons. The number of aryl methyl sites for hydroxylation is 1. The Kier molecular flexibility index (Phi) is 5.09. The largest absolute Gasteiger partial charge is 0.508 e. The van der Waals surface area contributed by atoms with E-state index in [4.69, 9.17) is 15.5 Å². The Balaban J connectivity index is 1.78. The van der Waals surface area contributed by atoms with Crippen molar-refractivity contribution in [2.24, 2.45) is 5.73 Å². The van der Waals surface area contributed by atoms with Crippen LogP contribution in [0.2, 0.25) is 0 Å². The van der Waals surface area contributed by atoms with Crippen LogP contribution in [0.25, 0.3) is 22.3 Å². The van der Waals surface area contributed by atoms with Crippen LogP contribution in [-0.2, 0) is 39.3 Å². The van der Waals surface area contributed by atoms with Gasteiger partial charge < -0.3 is 20.1 Å². The minimum atomic E-state index is -1.26. The van der Waals surface area contributed by atoms with Crippen LogP contribution < -0.4 is 11.3 Å². The molecule has 3 N–H and O–H groups in total. The van der Waals surface area contributed by atoms with E-state index in [0.717, 1.165) is 22.0 Å². The van der Waals surface area contributed by atoms with Crippen LogP contribution in [0, 0.1) is 0 Å². The maximum Gasteiger partial charge on any atom is 0.317 e. The summed E-state index contributed by atoms with van der Waals surface area (Å²) in [6.07, 6.45) is 0.891. The summed E-state index contributed by atoms with van der Waals surface area (Å²) in [5.41, 5.74) is 9.26. The van der Waals surface area contributed by atoms with E-state index in [2.05, 4.69) is 0 Å². The molecular weight excluding hydrogens is 434 g/mol. The van der Waals surface area contributed by atoms with E-state index in [1.54, 1.807) is 29.7 Å². The number of aromatic nitrogens is 2. The summed E-state index contributed by atoms with van der Waals surface area (Å²) in [6, 6.07) is 6.17. The molecule has 34 heavy (non-hydrogen) atoms. The Hall–Kier alpha value is -3.52. The summed E-state index contributed by atoms with van der Waals surface area (Å²) >= 11 is 0. The number of ketones is 1. The number of rotatable bonds is 5. The van der Waals surface area contributed by atoms with Crippen LogP contribution in [0.4, 0.5) is 0 Å². The molecule has 1 unspecified atom stereocenters. The third-order valence-electron chi connectivity index (χ3n) is 7.34. The van der Waals surface area contributed by atoms with E-state index >= 15 is 0 Å². The van der Waals surface area contributed by atoms with Gasteiger partial charge in [-0.05, 0) is 55.2 Å². The zero-order chi connectivity index (χ0) is 24.4. The summed E-state index contributed by atoms with van der Waals surface area (Å²) in [6.45, 7) is 5.67. The molecular formula is C26H27N3O5. The predicted octanol–water partition coefficient (Wildman–Crippen LogP) is 2.70. The summed E-state index contributed by atoms with van der Waals surface area (Å²) in [5, 5.41) is 10.9. The SMILES string of the molecule is CCc1c2c(nc3ccc(O)cc13)-c1cc3c(c(=O)n1C2)COC(=O)[C@@]3(CC)CC(=O)C(C)N. The Morgan fingerprint density at radius 3 is 2.71 bits per heavy atom. The van der Waals surface area contributed by atoms with Crippen molar-refractivity contribution < 1.29 is 19.4 Å². The standard InChI is InChI=1S/C26H27N3O5/c1-4-15-16-8-14(30)6-7-20(16)28-23-17(15)11-29-21(23)9-19-18(24(29)32)12-34-25(33)26(19,5-2)10-22(31)13(3)27/h6-9,13,30H,4-5,10-12,27H2,1-3H3/t13?,26-/m0/s1. The normalized spacial score (nSPS) is 19.4. The molecule has 5 rings (SSSR count). The number of pyridine rings is 2. The van der Waals surface area contributed by atoms with Crippen molar-refractivity contribution in [2.75, 3.05) is 0 Å². The number of hydrogen-bond donors (Lipinski definition) is 2. The monoisotopic (exact) mass is 461 g/mol. The molecule has 0 fully saturated rings. The highest BCUT2D eigenvalue weighted by Gasteiger charge is 2.48. The van der Waals surface area contributed by atoms with Crippen LogP contribution in [0.1, 0.15) is 55.9 Å². The van der Waals surface area contributed by atoms with Crippen LogP contribution in [-0.4, -0.2) is 32.5 Å². The average Bonchev–Trinajstić information content (AvgIpc) is 3.18. The van der Waals surface area contributed by atoms with Crippen molar-refractivity contribution in [1.29, 1.82) is 0 Å². The topological polar surface area (TPSA) is 125 Å². The van der Waals surface area contributed by atoms with Gasteiger partial charge in [0.2, 0.25) is 0 Å². The molecule has 2 aliphatic heterocycles. The van der Waals surface area contributed by atoms with Gasteiger partial charge in [-0.3, -0.25) is 14.4 Å². The number of carbonyl (C=O) groups is 2. The minimum absolute atomic E-state index is 0.118. The second-order valence-corrected chi connectivity index (χ2v) is 9.23. The molecule has 0 amide bonds. The number of nitrogens with two attached hydrogens (primary N) is 1. The third kappa shape index (κ3) is 3.01. The highest BCUT2D eigenvalue weighted by Crippen LogP contribution is 2.43. The highest BCUT2D eigenvalue weighted by atomic mass is 16.5. The van der Waals surface area contributed by atoms with Crippen molar-refractivity contribution in [3.05, 3.63) is 56.9 Å². The lowest BCUT2D eigenvalue weighted by Gasteiger charge is -2.36. The number of phenols is 1. The lowest BCUT2D eigenvalue weighted by molar-refractivity contribution is -0.156. The van der Waals surface area contributed by atoms with Crippen molar-refractivity contribution in [3.8, 4) is 17.1 Å². The van der Waals surface area contributed by atoms with E-state index < -0.39 is 17.4 Å². The second-order valence-electron chi connectivity index (χ2n) is 9.23. The first-order chi connectivity index (χ1) is 16.2. The smallest absolute Gasteiger partial charge is 0.317 e. The van der Waals surface area contributed by atoms with E-state index in [1.807, 2.05) is 19.9 Å². The minimum Gasteiger partial charge on any atom is -0.508 e. The molecule has 2 aromatic heterocycles. The lowest BCUT2D eigenvalue weighted by atomic mass is 9.71. The summed E-state index contributed by atoms with van der Waals surface area (Å²) in [4.78, 5) is 44.2. The molecule has 2 atom stereocenters. The van der Waals surface area contributed by atoms with E-state index in [9.17, 15) is 19.5 Å². The van der Waals surface area contributed by atoms with Gasteiger partial charge in [-0.2, -0.15) is 0 Å². The average molecular weight is 462 g/mol. The first-order valence-corrected chi connectivity index (χ1v) is 11.6. The molecule has 0 radical (unpaired) electrons. The fourth-order valence-electron chi connectivity index (χ4n) is 5.38. The van der Waals surface area contributed by atoms with Gasteiger partial charge in [-0.1, -0.05) is 13.8 Å². The van der Waals surface area contributed by atoms with E-state index in [-0.39, 0.29) is 30.1 Å². The molecule has 0 saturated carbocycles. The molecule has 0 saturated heterocycles. The maximum atomic E-state index is 13.6. The Morgan fingerprint density at radius 1 is 1.26 bits per heavy atom. The zero-order valence-corrected chi connectivity index (χ0v) is 19.5. The number of aromatic hydroxyl groups is 1. The first kappa shape index (κ1) is 22.3. The Bertz CT molecular complexity index is 1440. The lowest BCUT2D eigenvalue weighted by Crippen LogP contribution is -2.47. The van der Waals surface area contributed by atoms with E-state index in [1.165, 1.54) is 0 Å². The van der Waals surface area contributed by atoms with Crippen LogP contribution in [0.3, 0.4) is 0 Å². The predicted molar refractivity (Wildman–Crippen MR) is 127 cm³/mol. The van der Waals surface area contributed by atoms with Crippen LogP contribution >= 0.6 is 0 Å². The van der Waals surface area contributed by atoms with Crippen molar-refractivity contribution in [1.82, 2.24) is 9.55 Å². The van der Waals surface area contributed by atoms with Gasteiger partial charge in [-0.15, -0.1) is 0 Å². The summed E-state index contributed by atoms with van der Waals surface area (Å²) in [5.74, 6) is -0.602. The number of cyclic esters (lactones) is 1. The Labute approximate surface area is 196 Å². The van der Waals surface area contributed by atoms with Crippen LogP contribution in [0.5, 0.6) is 5.75 Å². The van der Waals surface area contributed by atoms with Gasteiger partial charge in [0.15, 0.2) is 5.78 Å². The first-order valence-electron chi connectivity index (χ1n) is 11.6. The molecule has 4 heterocycles. The molecule has 8 heteroatoms. The number of carbonyl (C=O) groups excluding carboxylic acids is 2. The van der Waals surface area contributed by atoms with E-state index in [0.29, 0.717) is 41.9 Å². The van der Waals surface area contributed by atoms with Gasteiger partial charge in [0.25, 0.3) is 5.56 Å². The molecule has 1 aromatic carbocycles. The van der Waals surface area contributed by atoms with Crippen molar-refractivity contribution in [3.63, 3.8) is 0 Å². The number of benzene rings is 1. The third-order valence-corrected chi connectivity index (χ3v) is 7.34. The zero-order valence-electron chi connectivity index (χ0n) is 19.5. The van der Waals surface area contributed by atoms with Crippen LogP contribution in [0.15, 0.2) is 29.1 Å². The van der Waals surface area contributed by atoms with Gasteiger partial charge in [0.1, 0.15) is 17.8 Å². The summed E-state index contributed by atoms with van der Waals surface area (Å²) in [7, 11) is 0. The van der Waals surface area contributed by atoms with Gasteiger partial charge in [0, 0.05) is 17.4 Å². The number of Topliss-reactive ketones (excluding diaryl/α,β-unsaturated/α-hetero) is 1. The molecule has 0 bridgehead atoms. The number of fused-ring (bicyclic) bond motifs is 5. The molecule has 3 aromatic rings. The van der Waals surface area contributed by atoms with Crippen molar-refractivity contribution >= 4 is 22.7 Å². The number of esters is 1. The molecule has 8 nitrogen and oxygen atoms in total. The highest BCUT2D eigenvalue weighted by molar-refractivity contribution is 5.95.